The van der Waals surface area contributed by atoms with Crippen molar-refractivity contribution in [3.05, 3.63) is 36.2 Å². The third-order valence-electron chi connectivity index (χ3n) is 4.54. The van der Waals surface area contributed by atoms with Crippen molar-refractivity contribution in [1.29, 1.82) is 0 Å². The van der Waals surface area contributed by atoms with Crippen molar-refractivity contribution >= 4 is 21.7 Å². The van der Waals surface area contributed by atoms with Gasteiger partial charge in [-0.3, -0.25) is 0 Å². The zero-order valence-electron chi connectivity index (χ0n) is 15.0. The maximum atomic E-state index is 12.5. The number of sulfonamides is 1. The molecule has 0 spiro atoms. The molecule has 1 aromatic heterocycles. The predicted molar refractivity (Wildman–Crippen MR) is 98.7 cm³/mol. The van der Waals surface area contributed by atoms with E-state index in [9.17, 15) is 13.2 Å². The van der Waals surface area contributed by atoms with Crippen molar-refractivity contribution in [3.63, 3.8) is 0 Å². The Balaban J connectivity index is 1.82. The lowest BCUT2D eigenvalue weighted by Gasteiger charge is -2.28. The fraction of sp³-hybridized carbons (Fsp3) is 0.556. The highest BCUT2D eigenvalue weighted by atomic mass is 32.2. The molecular formula is C18H25N3O4S. The Morgan fingerprint density at radius 2 is 2.00 bits per heavy atom. The van der Waals surface area contributed by atoms with Crippen molar-refractivity contribution in [2.75, 3.05) is 13.1 Å². The Morgan fingerprint density at radius 1 is 1.31 bits per heavy atom. The highest BCUT2D eigenvalue weighted by Crippen LogP contribution is 2.29. The second-order valence-corrected chi connectivity index (χ2v) is 8.89. The summed E-state index contributed by atoms with van der Waals surface area (Å²) in [4.78, 5) is 18.5. The van der Waals surface area contributed by atoms with Gasteiger partial charge in [-0.25, -0.2) is 18.2 Å². The first kappa shape index (κ1) is 18.8. The molecule has 1 atom stereocenters. The summed E-state index contributed by atoms with van der Waals surface area (Å²) in [7, 11) is -3.55. The van der Waals surface area contributed by atoms with E-state index in [0.29, 0.717) is 37.3 Å². The van der Waals surface area contributed by atoms with Gasteiger partial charge in [0.1, 0.15) is 0 Å². The first-order valence-corrected chi connectivity index (χ1v) is 10.5. The van der Waals surface area contributed by atoms with Gasteiger partial charge >= 0.3 is 6.09 Å². The summed E-state index contributed by atoms with van der Waals surface area (Å²) in [6.07, 6.45) is 2.53. The molecule has 1 aromatic rings. The Hall–Kier alpha value is -1.93. The number of ether oxygens (including phenoxy) is 1. The van der Waals surface area contributed by atoms with Gasteiger partial charge < -0.3 is 9.64 Å². The molecule has 1 amide bonds. The maximum Gasteiger partial charge on any atom is 0.411 e. The Bertz CT molecular complexity index is 783. The van der Waals surface area contributed by atoms with Crippen LogP contribution in [0.3, 0.4) is 0 Å². The Labute approximate surface area is 154 Å². The molecule has 2 aliphatic rings. The number of rotatable bonds is 6. The Morgan fingerprint density at radius 3 is 2.62 bits per heavy atom. The summed E-state index contributed by atoms with van der Waals surface area (Å²) in [5.41, 5.74) is 1.73. The van der Waals surface area contributed by atoms with Crippen LogP contribution in [0, 0.1) is 0 Å². The van der Waals surface area contributed by atoms with Crippen molar-refractivity contribution in [2.45, 2.75) is 50.5 Å². The molecule has 1 aliphatic carbocycles. The number of amides is 1. The average Bonchev–Trinajstić information content (AvgIpc) is 3.47. The molecule has 8 heteroatoms. The van der Waals surface area contributed by atoms with Crippen LogP contribution in [0.5, 0.6) is 0 Å². The third-order valence-corrected chi connectivity index (χ3v) is 6.44. The molecule has 2 fully saturated rings. The molecule has 1 unspecified atom stereocenters. The summed E-state index contributed by atoms with van der Waals surface area (Å²) in [5, 5.41) is -0.414. The predicted octanol–water partition coefficient (Wildman–Crippen LogP) is 2.82. The molecule has 1 saturated carbocycles. The summed E-state index contributed by atoms with van der Waals surface area (Å²) in [6.45, 7) is 6.92. The zero-order valence-corrected chi connectivity index (χ0v) is 15.8. The fourth-order valence-electron chi connectivity index (χ4n) is 2.86. The van der Waals surface area contributed by atoms with Gasteiger partial charge in [-0.15, -0.1) is 0 Å². The molecule has 26 heavy (non-hydrogen) atoms. The van der Waals surface area contributed by atoms with E-state index in [4.69, 9.17) is 4.74 Å². The number of hydrogen-bond donors (Lipinski definition) is 1. The highest BCUT2D eigenvalue weighted by molar-refractivity contribution is 7.90. The summed E-state index contributed by atoms with van der Waals surface area (Å²) in [6, 6.07) is 5.18. The van der Waals surface area contributed by atoms with E-state index < -0.39 is 27.6 Å². The van der Waals surface area contributed by atoms with Crippen molar-refractivity contribution in [1.82, 2.24) is 14.6 Å². The van der Waals surface area contributed by atoms with E-state index in [-0.39, 0.29) is 0 Å². The number of piperidine rings is 1. The number of carbonyl (C=O) groups is 1. The van der Waals surface area contributed by atoms with Crippen LogP contribution in [0.1, 0.15) is 56.6 Å². The van der Waals surface area contributed by atoms with Crippen molar-refractivity contribution < 1.29 is 17.9 Å². The number of allylic oxidation sites excluding steroid dienone is 1. The number of nitrogens with zero attached hydrogens (tertiary/aromatic N) is 2. The van der Waals surface area contributed by atoms with E-state index in [1.54, 1.807) is 23.1 Å². The third kappa shape index (κ3) is 4.62. The minimum Gasteiger partial charge on any atom is -0.423 e. The topological polar surface area (TPSA) is 88.6 Å². The van der Waals surface area contributed by atoms with Gasteiger partial charge in [-0.2, -0.15) is 4.72 Å². The van der Waals surface area contributed by atoms with Gasteiger partial charge in [0.2, 0.25) is 16.3 Å². The lowest BCUT2D eigenvalue weighted by molar-refractivity contribution is 0.0508. The van der Waals surface area contributed by atoms with Crippen molar-refractivity contribution in [2.24, 2.45) is 0 Å². The monoisotopic (exact) mass is 379 g/mol. The molecule has 2 heterocycles. The lowest BCUT2D eigenvalue weighted by atomic mass is 10.1. The molecule has 1 N–H and O–H groups in total. The number of nitrogens with one attached hydrogen (secondary N) is 1. The van der Waals surface area contributed by atoms with E-state index in [0.717, 1.165) is 24.8 Å². The molecule has 1 aliphatic heterocycles. The minimum absolute atomic E-state index is 0.347. The lowest BCUT2D eigenvalue weighted by Crippen LogP contribution is -2.41. The van der Waals surface area contributed by atoms with Gasteiger partial charge in [-0.1, -0.05) is 12.6 Å². The van der Waals surface area contributed by atoms with Crippen molar-refractivity contribution in [3.8, 4) is 0 Å². The molecule has 7 nitrogen and oxygen atoms in total. The van der Waals surface area contributed by atoms with Crippen LogP contribution in [0.25, 0.3) is 5.57 Å². The van der Waals surface area contributed by atoms with Gasteiger partial charge in [0.15, 0.2) is 0 Å². The zero-order chi connectivity index (χ0) is 18.7. The SMILES string of the molecule is C=C(C)c1cccc(C(NS(=O)(=O)C2CC2)OC(=O)N2CCCCC2)n1. The van der Waals surface area contributed by atoms with Crippen LogP contribution in [-0.2, 0) is 14.8 Å². The van der Waals surface area contributed by atoms with Crippen LogP contribution in [0.2, 0.25) is 0 Å². The van der Waals surface area contributed by atoms with E-state index in [1.807, 2.05) is 6.92 Å². The van der Waals surface area contributed by atoms with Gasteiger partial charge in [-0.05, 0) is 56.7 Å². The minimum atomic E-state index is -3.55. The second kappa shape index (κ2) is 7.75. The fourth-order valence-corrected chi connectivity index (χ4v) is 4.27. The number of carbonyl (C=O) groups excluding carboxylic acids is 1. The van der Waals surface area contributed by atoms with E-state index in [2.05, 4.69) is 16.3 Å². The number of pyridine rings is 1. The first-order chi connectivity index (χ1) is 12.4. The quantitative estimate of drug-likeness (QED) is 0.768. The molecule has 0 radical (unpaired) electrons. The van der Waals surface area contributed by atoms with Gasteiger partial charge in [0, 0.05) is 13.1 Å². The first-order valence-electron chi connectivity index (χ1n) is 8.96. The summed E-state index contributed by atoms with van der Waals surface area (Å²) >= 11 is 0. The molecule has 3 rings (SSSR count). The standard InChI is InChI=1S/C18H25N3O4S/c1-13(2)15-7-6-8-16(19-15)17(20-26(23,24)14-9-10-14)25-18(22)21-11-4-3-5-12-21/h6-8,14,17,20H,1,3-5,9-12H2,2H3. The summed E-state index contributed by atoms with van der Waals surface area (Å²) < 4.78 is 32.8. The summed E-state index contributed by atoms with van der Waals surface area (Å²) in [5.74, 6) is 0. The van der Waals surface area contributed by atoms with Crippen LogP contribution in [0.4, 0.5) is 4.79 Å². The largest absolute Gasteiger partial charge is 0.423 e. The molecule has 142 valence electrons. The number of hydrogen-bond acceptors (Lipinski definition) is 5. The number of aromatic nitrogens is 1. The molecule has 0 aromatic carbocycles. The van der Waals surface area contributed by atoms with Crippen LogP contribution >= 0.6 is 0 Å². The van der Waals surface area contributed by atoms with Crippen LogP contribution < -0.4 is 4.72 Å². The number of likely N-dealkylation sites (tertiary alicyclic amines) is 1. The van der Waals surface area contributed by atoms with Crippen LogP contribution in [-0.4, -0.2) is 42.7 Å². The average molecular weight is 379 g/mol. The molecular weight excluding hydrogens is 354 g/mol. The highest BCUT2D eigenvalue weighted by Gasteiger charge is 2.38. The smallest absolute Gasteiger partial charge is 0.411 e. The Kier molecular flexibility index (Phi) is 5.62. The van der Waals surface area contributed by atoms with Gasteiger partial charge in [0.05, 0.1) is 16.6 Å². The van der Waals surface area contributed by atoms with E-state index in [1.165, 1.54) is 0 Å². The maximum absolute atomic E-state index is 12.5. The second-order valence-electron chi connectivity index (χ2n) is 6.90. The van der Waals surface area contributed by atoms with Gasteiger partial charge in [0.25, 0.3) is 0 Å². The molecule has 0 bridgehead atoms. The van der Waals surface area contributed by atoms with Crippen LogP contribution in [0.15, 0.2) is 24.8 Å². The molecule has 1 saturated heterocycles. The normalized spacial score (nSPS) is 19.0. The van der Waals surface area contributed by atoms with E-state index >= 15 is 0 Å².